The minimum atomic E-state index is -1.05. The molecule has 0 spiro atoms. The molecule has 1 heterocycles. The molecule has 1 aromatic heterocycles. The fraction of sp³-hybridized carbons (Fsp3) is 0.281. The lowest BCUT2D eigenvalue weighted by molar-refractivity contribution is 0.0592. The zero-order valence-electron chi connectivity index (χ0n) is 22.9. The number of carbonyl (C=O) groups excluding carboxylic acids is 1. The molecular formula is C32H29ClFN3O4S. The number of benzene rings is 3. The van der Waals surface area contributed by atoms with Gasteiger partial charge in [0, 0.05) is 34.8 Å². The summed E-state index contributed by atoms with van der Waals surface area (Å²) in [5.74, 6) is 0.0599. The minimum absolute atomic E-state index is 0.112. The number of nitriles is 1. The molecule has 0 unspecified atom stereocenters. The molecule has 0 aliphatic heterocycles. The maximum Gasteiger partial charge on any atom is 0.404 e. The Hall–Kier alpha value is -4.13. The van der Waals surface area contributed by atoms with E-state index in [0.717, 1.165) is 29.5 Å². The molecule has 7 nitrogen and oxygen atoms in total. The van der Waals surface area contributed by atoms with E-state index in [0.29, 0.717) is 35.4 Å². The Morgan fingerprint density at radius 1 is 1.12 bits per heavy atom. The highest BCUT2D eigenvalue weighted by Crippen LogP contribution is 2.40. The van der Waals surface area contributed by atoms with Crippen molar-refractivity contribution < 1.29 is 23.8 Å². The van der Waals surface area contributed by atoms with Crippen LogP contribution in [0.25, 0.3) is 21.2 Å². The van der Waals surface area contributed by atoms with Gasteiger partial charge in [-0.25, -0.2) is 9.18 Å². The van der Waals surface area contributed by atoms with Crippen molar-refractivity contribution in [3.63, 3.8) is 0 Å². The molecule has 0 atom stereocenters. The van der Waals surface area contributed by atoms with E-state index in [1.54, 1.807) is 36.3 Å². The predicted molar refractivity (Wildman–Crippen MR) is 162 cm³/mol. The first-order valence-corrected chi connectivity index (χ1v) is 14.8. The van der Waals surface area contributed by atoms with Crippen molar-refractivity contribution >= 4 is 45.0 Å². The van der Waals surface area contributed by atoms with Gasteiger partial charge in [0.15, 0.2) is 0 Å². The summed E-state index contributed by atoms with van der Waals surface area (Å²) in [5.41, 5.74) is 3.19. The number of nitrogens with zero attached hydrogens (tertiary/aromatic N) is 2. The molecule has 0 radical (unpaired) electrons. The van der Waals surface area contributed by atoms with Crippen molar-refractivity contribution in [3.05, 3.63) is 87.5 Å². The number of carboxylic acid groups (broad SMARTS) is 1. The van der Waals surface area contributed by atoms with Crippen LogP contribution in [0.2, 0.25) is 5.02 Å². The van der Waals surface area contributed by atoms with Gasteiger partial charge < -0.3 is 20.1 Å². The van der Waals surface area contributed by atoms with E-state index in [-0.39, 0.29) is 39.7 Å². The molecule has 5 rings (SSSR count). The number of nitrogens with one attached hydrogen (secondary N) is 1. The van der Waals surface area contributed by atoms with Crippen molar-refractivity contribution in [2.24, 2.45) is 5.92 Å². The van der Waals surface area contributed by atoms with Gasteiger partial charge in [-0.3, -0.25) is 4.79 Å². The smallest absolute Gasteiger partial charge is 0.404 e. The highest BCUT2D eigenvalue weighted by atomic mass is 35.5. The second kappa shape index (κ2) is 12.8. The van der Waals surface area contributed by atoms with Crippen LogP contribution in [0.3, 0.4) is 0 Å². The Morgan fingerprint density at radius 3 is 2.48 bits per heavy atom. The second-order valence-corrected chi connectivity index (χ2v) is 11.8. The van der Waals surface area contributed by atoms with Crippen LogP contribution in [-0.2, 0) is 6.54 Å². The molecule has 3 aromatic carbocycles. The normalized spacial score (nSPS) is 16.5. The Bertz CT molecular complexity index is 1660. The fourth-order valence-corrected chi connectivity index (χ4v) is 7.11. The number of methoxy groups -OCH3 is 1. The van der Waals surface area contributed by atoms with E-state index in [2.05, 4.69) is 11.4 Å². The van der Waals surface area contributed by atoms with Crippen LogP contribution in [0.15, 0.2) is 60.7 Å². The molecule has 2 amide bonds. The van der Waals surface area contributed by atoms with Crippen LogP contribution in [0.5, 0.6) is 5.75 Å². The fourth-order valence-electron chi connectivity index (χ4n) is 5.60. The summed E-state index contributed by atoms with van der Waals surface area (Å²) in [7, 11) is 1.58. The summed E-state index contributed by atoms with van der Waals surface area (Å²) in [6.45, 7) is 0.611. The SMILES string of the molecule is COc1ccc(-c2ccc(C#N)cc2)cc1CN(C(=O)c1sc2cccc(F)c2c1Cl)C1CCC(CNC(=O)O)CC1. The summed E-state index contributed by atoms with van der Waals surface area (Å²) in [6.07, 6.45) is 1.84. The second-order valence-electron chi connectivity index (χ2n) is 10.4. The van der Waals surface area contributed by atoms with Gasteiger partial charge in [0.2, 0.25) is 0 Å². The van der Waals surface area contributed by atoms with Gasteiger partial charge in [-0.15, -0.1) is 11.3 Å². The topological polar surface area (TPSA) is 103 Å². The van der Waals surface area contributed by atoms with Crippen molar-refractivity contribution in [2.45, 2.75) is 38.3 Å². The summed E-state index contributed by atoms with van der Waals surface area (Å²) >= 11 is 7.82. The average molecular weight is 606 g/mol. The maximum atomic E-state index is 14.7. The largest absolute Gasteiger partial charge is 0.496 e. The number of fused-ring (bicyclic) bond motifs is 1. The van der Waals surface area contributed by atoms with Crippen LogP contribution in [0.1, 0.15) is 46.5 Å². The van der Waals surface area contributed by atoms with Gasteiger partial charge >= 0.3 is 6.09 Å². The van der Waals surface area contributed by atoms with Crippen molar-refractivity contribution in [3.8, 4) is 22.9 Å². The van der Waals surface area contributed by atoms with E-state index >= 15 is 0 Å². The summed E-state index contributed by atoms with van der Waals surface area (Å²) < 4.78 is 21.0. The Balaban J connectivity index is 1.49. The lowest BCUT2D eigenvalue weighted by atomic mass is 9.85. The van der Waals surface area contributed by atoms with E-state index in [4.69, 9.17) is 26.7 Å². The van der Waals surface area contributed by atoms with Gasteiger partial charge in [-0.05, 0) is 79.1 Å². The zero-order chi connectivity index (χ0) is 29.8. The van der Waals surface area contributed by atoms with E-state index in [1.165, 1.54) is 17.4 Å². The van der Waals surface area contributed by atoms with Gasteiger partial charge in [0.05, 0.1) is 23.8 Å². The number of halogens is 2. The Labute approximate surface area is 252 Å². The van der Waals surface area contributed by atoms with Gasteiger partial charge in [0.1, 0.15) is 16.4 Å². The first-order chi connectivity index (χ1) is 20.3. The Morgan fingerprint density at radius 2 is 1.83 bits per heavy atom. The standard InChI is InChI=1S/C32H29ClFN3O4S/c1-41-26-14-11-22(21-9-5-19(16-35)6-10-21)15-23(26)18-37(24-12-7-20(8-13-24)17-36-32(39)40)31(38)30-29(33)28-25(34)3-2-4-27(28)42-30/h2-6,9-11,14-15,20,24,36H,7-8,12-13,17-18H2,1H3,(H,39,40). The van der Waals surface area contributed by atoms with Crippen LogP contribution < -0.4 is 10.1 Å². The number of rotatable bonds is 8. The van der Waals surface area contributed by atoms with Gasteiger partial charge in [-0.1, -0.05) is 35.9 Å². The predicted octanol–water partition coefficient (Wildman–Crippen LogP) is 7.71. The van der Waals surface area contributed by atoms with E-state index < -0.39 is 11.9 Å². The highest BCUT2D eigenvalue weighted by Gasteiger charge is 2.33. The first-order valence-electron chi connectivity index (χ1n) is 13.6. The van der Waals surface area contributed by atoms with E-state index in [9.17, 15) is 14.0 Å². The summed E-state index contributed by atoms with van der Waals surface area (Å²) in [6, 6.07) is 19.7. The summed E-state index contributed by atoms with van der Waals surface area (Å²) in [4.78, 5) is 27.3. The molecule has 1 saturated carbocycles. The lowest BCUT2D eigenvalue weighted by Gasteiger charge is -2.37. The van der Waals surface area contributed by atoms with Gasteiger partial charge in [0.25, 0.3) is 5.91 Å². The van der Waals surface area contributed by atoms with Crippen molar-refractivity contribution in [2.75, 3.05) is 13.7 Å². The molecule has 1 fully saturated rings. The van der Waals surface area contributed by atoms with Crippen LogP contribution in [0, 0.1) is 23.1 Å². The van der Waals surface area contributed by atoms with Gasteiger partial charge in [-0.2, -0.15) is 5.26 Å². The third kappa shape index (κ3) is 6.20. The summed E-state index contributed by atoms with van der Waals surface area (Å²) in [5, 5.41) is 21.0. The quantitative estimate of drug-likeness (QED) is 0.214. The molecule has 42 heavy (non-hydrogen) atoms. The third-order valence-corrected chi connectivity index (χ3v) is 9.46. The Kier molecular flexibility index (Phi) is 8.95. The highest BCUT2D eigenvalue weighted by molar-refractivity contribution is 7.21. The van der Waals surface area contributed by atoms with Crippen LogP contribution >= 0.6 is 22.9 Å². The molecular weight excluding hydrogens is 577 g/mol. The average Bonchev–Trinajstić information content (AvgIpc) is 3.36. The number of amides is 2. The van der Waals surface area contributed by atoms with Crippen molar-refractivity contribution in [1.82, 2.24) is 10.2 Å². The zero-order valence-corrected chi connectivity index (χ0v) is 24.5. The number of thiophene rings is 1. The number of ether oxygens (including phenoxy) is 1. The number of carbonyl (C=O) groups is 2. The van der Waals surface area contributed by atoms with E-state index in [1.807, 2.05) is 30.3 Å². The molecule has 4 aromatic rings. The molecule has 1 aliphatic rings. The van der Waals surface area contributed by atoms with Crippen molar-refractivity contribution in [1.29, 1.82) is 5.26 Å². The molecule has 10 heteroatoms. The van der Waals surface area contributed by atoms with Crippen LogP contribution in [0.4, 0.5) is 9.18 Å². The minimum Gasteiger partial charge on any atom is -0.496 e. The molecule has 0 bridgehead atoms. The maximum absolute atomic E-state index is 14.7. The third-order valence-electron chi connectivity index (χ3n) is 7.83. The number of hydrogen-bond donors (Lipinski definition) is 2. The monoisotopic (exact) mass is 605 g/mol. The number of hydrogen-bond acceptors (Lipinski definition) is 5. The molecule has 0 saturated heterocycles. The lowest BCUT2D eigenvalue weighted by Crippen LogP contribution is -2.43. The molecule has 216 valence electrons. The van der Waals surface area contributed by atoms with Crippen LogP contribution in [-0.4, -0.2) is 41.7 Å². The first kappa shape index (κ1) is 29.4. The molecule has 1 aliphatic carbocycles. The molecule has 2 N–H and O–H groups in total.